The molecule has 0 radical (unpaired) electrons. The van der Waals surface area contributed by atoms with Gasteiger partial charge in [0, 0.05) is 30.4 Å². The molecule has 8 nitrogen and oxygen atoms in total. The Bertz CT molecular complexity index is 1240. The minimum Gasteiger partial charge on any atom is -0.491 e. The molecule has 2 fully saturated rings. The molecule has 1 saturated carbocycles. The summed E-state index contributed by atoms with van der Waals surface area (Å²) in [6.45, 7) is 7.88. The maximum Gasteiger partial charge on any atom is 0.160 e. The van der Waals surface area contributed by atoms with Crippen molar-refractivity contribution in [1.82, 2.24) is 25.3 Å². The monoisotopic (exact) mass is 523 g/mol. The van der Waals surface area contributed by atoms with Crippen molar-refractivity contribution in [2.75, 3.05) is 33.3 Å². The maximum atomic E-state index is 15.3. The summed E-state index contributed by atoms with van der Waals surface area (Å²) in [5.74, 6) is 1.79. The lowest BCUT2D eigenvalue weighted by atomic mass is 9.88. The van der Waals surface area contributed by atoms with Crippen molar-refractivity contribution < 1.29 is 18.8 Å². The van der Waals surface area contributed by atoms with Gasteiger partial charge < -0.3 is 19.7 Å². The van der Waals surface area contributed by atoms with Gasteiger partial charge in [-0.05, 0) is 83.7 Å². The fraction of sp³-hybridized carbons (Fsp3) is 0.552. The van der Waals surface area contributed by atoms with E-state index in [0.717, 1.165) is 46.7 Å². The van der Waals surface area contributed by atoms with Gasteiger partial charge in [-0.2, -0.15) is 0 Å². The lowest BCUT2D eigenvalue weighted by Crippen LogP contribution is -2.43. The Morgan fingerprint density at radius 2 is 2.03 bits per heavy atom. The number of nitrogens with one attached hydrogen (secondary N) is 1. The number of aromatic nitrogens is 3. The van der Waals surface area contributed by atoms with Crippen molar-refractivity contribution in [3.05, 3.63) is 47.0 Å². The van der Waals surface area contributed by atoms with Gasteiger partial charge in [0.15, 0.2) is 5.82 Å². The number of likely N-dealkylation sites (tertiary alicyclic amines) is 1. The van der Waals surface area contributed by atoms with Crippen LogP contribution in [0, 0.1) is 26.7 Å². The smallest absolute Gasteiger partial charge is 0.160 e. The summed E-state index contributed by atoms with van der Waals surface area (Å²) < 4.78 is 26.6. The summed E-state index contributed by atoms with van der Waals surface area (Å²) in [5.41, 5.74) is 4.96. The van der Waals surface area contributed by atoms with Crippen LogP contribution in [0.1, 0.15) is 42.0 Å². The van der Waals surface area contributed by atoms with E-state index < -0.39 is 12.3 Å². The van der Waals surface area contributed by atoms with E-state index >= 15 is 4.39 Å². The molecular weight excluding hydrogens is 485 g/mol. The van der Waals surface area contributed by atoms with Crippen LogP contribution in [-0.2, 0) is 6.42 Å². The fourth-order valence-corrected chi connectivity index (χ4v) is 5.39. The minimum absolute atomic E-state index is 0.0766. The number of nitrogens with zero attached hydrogens (tertiary/aromatic N) is 4. The van der Waals surface area contributed by atoms with Crippen molar-refractivity contribution in [3.63, 3.8) is 0 Å². The molecule has 3 heterocycles. The number of ether oxygens (including phenoxy) is 1. The van der Waals surface area contributed by atoms with Crippen LogP contribution in [0.5, 0.6) is 5.75 Å². The Balaban J connectivity index is 1.47. The zero-order chi connectivity index (χ0) is 26.8. The topological polar surface area (TPSA) is 96.5 Å². The van der Waals surface area contributed by atoms with Gasteiger partial charge in [-0.3, -0.25) is 4.90 Å². The highest BCUT2D eigenvalue weighted by atomic mass is 19.1. The number of aryl methyl sites for hydroxylation is 2. The summed E-state index contributed by atoms with van der Waals surface area (Å²) >= 11 is 0. The number of piperidine rings is 1. The standard InChI is InChI=1S/C29H38FN5O3/c1-17-26(13-20-10-11-35(15-25(20)30)22-8-9-22)32-29(33-28(17)27-18(2)34-38-19(27)3)21-6-5-7-24(12-21)37-16-23(36)14-31-4/h5-7,12,20,22-23,25,31,36H,8-11,13-16H2,1-4H3/t20-,23?,25-/m0/s1. The first-order chi connectivity index (χ1) is 18.3. The summed E-state index contributed by atoms with van der Waals surface area (Å²) in [7, 11) is 1.79. The summed E-state index contributed by atoms with van der Waals surface area (Å²) in [6, 6.07) is 8.14. The number of hydrogen-bond acceptors (Lipinski definition) is 8. The van der Waals surface area contributed by atoms with Crippen LogP contribution in [0.2, 0.25) is 0 Å². The predicted molar refractivity (Wildman–Crippen MR) is 144 cm³/mol. The van der Waals surface area contributed by atoms with E-state index in [4.69, 9.17) is 19.2 Å². The number of aliphatic hydroxyl groups is 1. The molecule has 1 aliphatic carbocycles. The largest absolute Gasteiger partial charge is 0.491 e. The molecular formula is C29H38FN5O3. The van der Waals surface area contributed by atoms with Crippen LogP contribution in [0.3, 0.4) is 0 Å². The quantitative estimate of drug-likeness (QED) is 0.411. The van der Waals surface area contributed by atoms with E-state index in [1.807, 2.05) is 45.0 Å². The molecule has 9 heteroatoms. The van der Waals surface area contributed by atoms with E-state index in [9.17, 15) is 5.11 Å². The Morgan fingerprint density at radius 1 is 1.21 bits per heavy atom. The molecule has 3 aromatic rings. The van der Waals surface area contributed by atoms with Gasteiger partial charge in [-0.25, -0.2) is 14.4 Å². The average molecular weight is 524 g/mol. The number of aliphatic hydroxyl groups excluding tert-OH is 1. The van der Waals surface area contributed by atoms with Crippen LogP contribution in [-0.4, -0.2) is 76.7 Å². The van der Waals surface area contributed by atoms with Crippen molar-refractivity contribution in [3.8, 4) is 28.4 Å². The second-order valence-corrected chi connectivity index (χ2v) is 10.7. The van der Waals surface area contributed by atoms with Gasteiger partial charge in [0.1, 0.15) is 30.4 Å². The molecule has 1 aliphatic heterocycles. The number of alkyl halides is 1. The molecule has 2 aromatic heterocycles. The predicted octanol–water partition coefficient (Wildman–Crippen LogP) is 4.05. The van der Waals surface area contributed by atoms with Crippen molar-refractivity contribution in [1.29, 1.82) is 0 Å². The molecule has 0 bridgehead atoms. The lowest BCUT2D eigenvalue weighted by Gasteiger charge is -2.35. The Labute approximate surface area is 223 Å². The molecule has 0 spiro atoms. The van der Waals surface area contributed by atoms with Gasteiger partial charge in [0.05, 0.1) is 17.0 Å². The third-order valence-corrected chi connectivity index (χ3v) is 7.72. The van der Waals surface area contributed by atoms with Crippen LogP contribution in [0.15, 0.2) is 28.8 Å². The zero-order valence-electron chi connectivity index (χ0n) is 22.7. The van der Waals surface area contributed by atoms with Crippen LogP contribution >= 0.6 is 0 Å². The molecule has 1 saturated heterocycles. The number of halogens is 1. The molecule has 204 valence electrons. The van der Waals surface area contributed by atoms with Crippen molar-refractivity contribution in [2.24, 2.45) is 5.92 Å². The van der Waals surface area contributed by atoms with E-state index in [1.54, 1.807) is 7.05 Å². The Hall–Kier alpha value is -2.88. The van der Waals surface area contributed by atoms with Crippen LogP contribution < -0.4 is 10.1 Å². The maximum absolute atomic E-state index is 15.3. The second-order valence-electron chi connectivity index (χ2n) is 10.7. The summed E-state index contributed by atoms with van der Waals surface area (Å²) in [6.07, 6.45) is 2.30. The Morgan fingerprint density at radius 3 is 2.71 bits per heavy atom. The zero-order valence-corrected chi connectivity index (χ0v) is 22.7. The third kappa shape index (κ3) is 5.90. The molecule has 38 heavy (non-hydrogen) atoms. The fourth-order valence-electron chi connectivity index (χ4n) is 5.39. The van der Waals surface area contributed by atoms with Gasteiger partial charge in [-0.15, -0.1) is 0 Å². The van der Waals surface area contributed by atoms with E-state index in [0.29, 0.717) is 42.9 Å². The van der Waals surface area contributed by atoms with E-state index in [1.165, 1.54) is 12.8 Å². The average Bonchev–Trinajstić information content (AvgIpc) is 3.70. The SMILES string of the molecule is CNCC(O)COc1cccc(-c2nc(C[C@@H]3CCN(C4CC4)C[C@@H]3F)c(C)c(-c3c(C)noc3C)n2)c1. The lowest BCUT2D eigenvalue weighted by molar-refractivity contribution is 0.0792. The highest BCUT2D eigenvalue weighted by Crippen LogP contribution is 2.36. The molecule has 2 aliphatic rings. The van der Waals surface area contributed by atoms with Gasteiger partial charge in [0.2, 0.25) is 0 Å². The second kappa shape index (κ2) is 11.5. The van der Waals surface area contributed by atoms with Gasteiger partial charge in [0.25, 0.3) is 0 Å². The minimum atomic E-state index is -0.870. The number of benzene rings is 1. The first-order valence-corrected chi connectivity index (χ1v) is 13.6. The molecule has 0 amide bonds. The number of hydrogen-bond donors (Lipinski definition) is 2. The number of likely N-dealkylation sites (N-methyl/N-ethyl adjacent to an activating group) is 1. The van der Waals surface area contributed by atoms with E-state index in [-0.39, 0.29) is 12.5 Å². The van der Waals surface area contributed by atoms with Crippen LogP contribution in [0.4, 0.5) is 4.39 Å². The highest BCUT2D eigenvalue weighted by molar-refractivity contribution is 5.71. The van der Waals surface area contributed by atoms with Crippen LogP contribution in [0.25, 0.3) is 22.6 Å². The molecule has 5 rings (SSSR count). The summed E-state index contributed by atoms with van der Waals surface area (Å²) in [5, 5.41) is 17.1. The first-order valence-electron chi connectivity index (χ1n) is 13.6. The molecule has 3 atom stereocenters. The third-order valence-electron chi connectivity index (χ3n) is 7.72. The van der Waals surface area contributed by atoms with Gasteiger partial charge >= 0.3 is 0 Å². The molecule has 2 N–H and O–H groups in total. The molecule has 1 unspecified atom stereocenters. The Kier molecular flexibility index (Phi) is 8.07. The van der Waals surface area contributed by atoms with Crippen molar-refractivity contribution >= 4 is 0 Å². The summed E-state index contributed by atoms with van der Waals surface area (Å²) in [4.78, 5) is 12.2. The highest BCUT2D eigenvalue weighted by Gasteiger charge is 2.37. The van der Waals surface area contributed by atoms with E-state index in [2.05, 4.69) is 15.4 Å². The normalized spacial score (nSPS) is 21.0. The van der Waals surface area contributed by atoms with Gasteiger partial charge in [-0.1, -0.05) is 17.3 Å². The molecule has 1 aromatic carbocycles. The first kappa shape index (κ1) is 26.7. The number of rotatable bonds is 10. The van der Waals surface area contributed by atoms with Crippen molar-refractivity contribution in [2.45, 2.75) is 64.8 Å².